The fraction of sp³-hybridized carbons (Fsp3) is 0.500. The molecule has 1 aromatic rings. The Hall–Kier alpha value is -1.49. The van der Waals surface area contributed by atoms with Crippen LogP contribution in [0, 0.1) is 0 Å². The Morgan fingerprint density at radius 3 is 2.57 bits per heavy atom. The van der Waals surface area contributed by atoms with Crippen molar-refractivity contribution in [2.24, 2.45) is 0 Å². The van der Waals surface area contributed by atoms with Gasteiger partial charge in [-0.15, -0.1) is 0 Å². The molecule has 1 aromatic carbocycles. The van der Waals surface area contributed by atoms with E-state index in [1.54, 1.807) is 16.7 Å². The predicted molar refractivity (Wildman–Crippen MR) is 84.6 cm³/mol. The zero-order valence-electron chi connectivity index (χ0n) is 12.2. The van der Waals surface area contributed by atoms with Crippen molar-refractivity contribution in [3.8, 4) is 0 Å². The Morgan fingerprint density at radius 2 is 1.95 bits per heavy atom. The summed E-state index contributed by atoms with van der Waals surface area (Å²) < 4.78 is 0. The van der Waals surface area contributed by atoms with Crippen LogP contribution in [0.4, 0.5) is 0 Å². The van der Waals surface area contributed by atoms with E-state index in [4.69, 9.17) is 5.11 Å². The van der Waals surface area contributed by atoms with Gasteiger partial charge in [0, 0.05) is 18.1 Å². The van der Waals surface area contributed by atoms with Crippen molar-refractivity contribution in [2.75, 3.05) is 18.1 Å². The summed E-state index contributed by atoms with van der Waals surface area (Å²) >= 11 is 1.72. The van der Waals surface area contributed by atoms with Crippen molar-refractivity contribution in [2.45, 2.75) is 32.2 Å². The third kappa shape index (κ3) is 4.49. The summed E-state index contributed by atoms with van der Waals surface area (Å²) in [6, 6.07) is 7.89. The van der Waals surface area contributed by atoms with Crippen LogP contribution in [-0.4, -0.2) is 46.0 Å². The summed E-state index contributed by atoms with van der Waals surface area (Å²) in [6.45, 7) is 2.75. The Labute approximate surface area is 129 Å². The molecule has 1 aliphatic rings. The molecule has 4 nitrogen and oxygen atoms in total. The first-order valence-electron chi connectivity index (χ1n) is 7.27. The van der Waals surface area contributed by atoms with Gasteiger partial charge >= 0.3 is 5.97 Å². The second-order valence-corrected chi connectivity index (χ2v) is 6.41. The zero-order chi connectivity index (χ0) is 15.2. The van der Waals surface area contributed by atoms with Gasteiger partial charge in [-0.05, 0) is 17.5 Å². The smallest absolute Gasteiger partial charge is 0.305 e. The van der Waals surface area contributed by atoms with Gasteiger partial charge in [0.15, 0.2) is 0 Å². The second-order valence-electron chi connectivity index (χ2n) is 5.26. The number of carbonyl (C=O) groups is 2. The van der Waals surface area contributed by atoms with Crippen molar-refractivity contribution >= 4 is 23.6 Å². The number of amides is 1. The van der Waals surface area contributed by atoms with Gasteiger partial charge in [-0.25, -0.2) is 0 Å². The van der Waals surface area contributed by atoms with Crippen LogP contribution in [0.15, 0.2) is 24.3 Å². The van der Waals surface area contributed by atoms with Crippen LogP contribution in [0.25, 0.3) is 0 Å². The fourth-order valence-corrected chi connectivity index (χ4v) is 3.59. The van der Waals surface area contributed by atoms with E-state index in [1.165, 1.54) is 5.56 Å². The Balaban J connectivity index is 2.00. The molecule has 2 rings (SSSR count). The SMILES string of the molecule is CCc1ccc(CC(=O)N2CCSCC2CC(=O)O)cc1. The third-order valence-electron chi connectivity index (χ3n) is 3.74. The van der Waals surface area contributed by atoms with Crippen LogP contribution in [0.1, 0.15) is 24.5 Å². The Kier molecular flexibility index (Phi) is 5.67. The predicted octanol–water partition coefficient (Wildman–Crippen LogP) is 2.21. The molecule has 0 aliphatic carbocycles. The first-order valence-corrected chi connectivity index (χ1v) is 8.42. The summed E-state index contributed by atoms with van der Waals surface area (Å²) in [7, 11) is 0. The average Bonchev–Trinajstić information content (AvgIpc) is 2.48. The van der Waals surface area contributed by atoms with E-state index < -0.39 is 5.97 Å². The molecule has 1 N–H and O–H groups in total. The quantitative estimate of drug-likeness (QED) is 0.906. The number of hydrogen-bond acceptors (Lipinski definition) is 3. The van der Waals surface area contributed by atoms with Gasteiger partial charge in [-0.1, -0.05) is 31.2 Å². The summed E-state index contributed by atoms with van der Waals surface area (Å²) in [5, 5.41) is 8.97. The van der Waals surface area contributed by atoms with Crippen LogP contribution in [0.5, 0.6) is 0 Å². The molecular weight excluding hydrogens is 286 g/mol. The van der Waals surface area contributed by atoms with E-state index in [9.17, 15) is 9.59 Å². The highest BCUT2D eigenvalue weighted by molar-refractivity contribution is 7.99. The molecule has 1 unspecified atom stereocenters. The summed E-state index contributed by atoms with van der Waals surface area (Å²) in [4.78, 5) is 25.1. The van der Waals surface area contributed by atoms with Gasteiger partial charge < -0.3 is 10.0 Å². The van der Waals surface area contributed by atoms with Crippen molar-refractivity contribution in [3.05, 3.63) is 35.4 Å². The number of nitrogens with zero attached hydrogens (tertiary/aromatic N) is 1. The number of carbonyl (C=O) groups excluding carboxylic acids is 1. The molecule has 5 heteroatoms. The molecular formula is C16H21NO3S. The standard InChI is InChI=1S/C16H21NO3S/c1-2-12-3-5-13(6-4-12)9-15(18)17-7-8-21-11-14(17)10-16(19)20/h3-6,14H,2,7-11H2,1H3,(H,19,20). The summed E-state index contributed by atoms with van der Waals surface area (Å²) in [6.07, 6.45) is 1.37. The first-order chi connectivity index (χ1) is 10.1. The molecule has 21 heavy (non-hydrogen) atoms. The topological polar surface area (TPSA) is 57.6 Å². The lowest BCUT2D eigenvalue weighted by Crippen LogP contribution is -2.47. The minimum atomic E-state index is -0.840. The molecule has 0 aromatic heterocycles. The van der Waals surface area contributed by atoms with Crippen molar-refractivity contribution < 1.29 is 14.7 Å². The van der Waals surface area contributed by atoms with Crippen LogP contribution in [0.2, 0.25) is 0 Å². The van der Waals surface area contributed by atoms with E-state index in [-0.39, 0.29) is 18.4 Å². The minimum absolute atomic E-state index is 0.0331. The molecule has 1 saturated heterocycles. The molecule has 0 saturated carbocycles. The largest absolute Gasteiger partial charge is 0.481 e. The highest BCUT2D eigenvalue weighted by Crippen LogP contribution is 2.20. The van der Waals surface area contributed by atoms with Crippen LogP contribution < -0.4 is 0 Å². The van der Waals surface area contributed by atoms with E-state index in [1.807, 2.05) is 24.3 Å². The molecule has 114 valence electrons. The number of aliphatic carboxylic acids is 1. The van der Waals surface area contributed by atoms with Gasteiger partial charge in [0.05, 0.1) is 18.9 Å². The number of aryl methyl sites for hydroxylation is 1. The van der Waals surface area contributed by atoms with Crippen LogP contribution >= 0.6 is 11.8 Å². The molecule has 1 amide bonds. The third-order valence-corrected chi connectivity index (χ3v) is 4.84. The fourth-order valence-electron chi connectivity index (χ4n) is 2.52. The normalized spacial score (nSPS) is 18.5. The maximum Gasteiger partial charge on any atom is 0.305 e. The minimum Gasteiger partial charge on any atom is -0.481 e. The zero-order valence-corrected chi connectivity index (χ0v) is 13.1. The first kappa shape index (κ1) is 15.9. The highest BCUT2D eigenvalue weighted by atomic mass is 32.2. The lowest BCUT2D eigenvalue weighted by Gasteiger charge is -2.34. The monoisotopic (exact) mass is 307 g/mol. The van der Waals surface area contributed by atoms with Gasteiger partial charge in [-0.3, -0.25) is 9.59 Å². The average molecular weight is 307 g/mol. The van der Waals surface area contributed by atoms with Gasteiger partial charge in [-0.2, -0.15) is 11.8 Å². The molecule has 0 radical (unpaired) electrons. The lowest BCUT2D eigenvalue weighted by molar-refractivity contribution is -0.140. The number of thioether (sulfide) groups is 1. The van der Waals surface area contributed by atoms with Gasteiger partial charge in [0.25, 0.3) is 0 Å². The number of carboxylic acid groups (broad SMARTS) is 1. The summed E-state index contributed by atoms with van der Waals surface area (Å²) in [5.74, 6) is 0.794. The number of benzene rings is 1. The Bertz CT molecular complexity index is 501. The van der Waals surface area contributed by atoms with Crippen LogP contribution in [0.3, 0.4) is 0 Å². The Morgan fingerprint density at radius 1 is 1.29 bits per heavy atom. The van der Waals surface area contributed by atoms with E-state index in [0.717, 1.165) is 17.7 Å². The number of hydrogen-bond donors (Lipinski definition) is 1. The maximum absolute atomic E-state index is 12.4. The maximum atomic E-state index is 12.4. The molecule has 1 heterocycles. The van der Waals surface area contributed by atoms with E-state index in [2.05, 4.69) is 6.92 Å². The number of rotatable bonds is 5. The molecule has 1 atom stereocenters. The van der Waals surface area contributed by atoms with Crippen molar-refractivity contribution in [3.63, 3.8) is 0 Å². The lowest BCUT2D eigenvalue weighted by atomic mass is 10.1. The van der Waals surface area contributed by atoms with Crippen LogP contribution in [-0.2, 0) is 22.4 Å². The molecule has 1 aliphatic heterocycles. The van der Waals surface area contributed by atoms with Crippen molar-refractivity contribution in [1.82, 2.24) is 4.90 Å². The highest BCUT2D eigenvalue weighted by Gasteiger charge is 2.28. The molecule has 0 spiro atoms. The van der Waals surface area contributed by atoms with E-state index >= 15 is 0 Å². The number of carboxylic acids is 1. The van der Waals surface area contributed by atoms with E-state index in [0.29, 0.717) is 18.7 Å². The van der Waals surface area contributed by atoms with Gasteiger partial charge in [0.2, 0.25) is 5.91 Å². The van der Waals surface area contributed by atoms with Crippen molar-refractivity contribution in [1.29, 1.82) is 0 Å². The summed E-state index contributed by atoms with van der Waals surface area (Å²) in [5.41, 5.74) is 2.24. The van der Waals surface area contributed by atoms with Gasteiger partial charge in [0.1, 0.15) is 0 Å². The molecule has 1 fully saturated rings. The molecule has 0 bridgehead atoms. The second kappa shape index (κ2) is 7.50.